The van der Waals surface area contributed by atoms with Gasteiger partial charge < -0.3 is 15.4 Å². The van der Waals surface area contributed by atoms with Gasteiger partial charge in [0, 0.05) is 18.5 Å². The van der Waals surface area contributed by atoms with Crippen LogP contribution in [-0.2, 0) is 11.0 Å². The fraction of sp³-hybridized carbons (Fsp3) is 0.650. The van der Waals surface area contributed by atoms with Gasteiger partial charge >= 0.3 is 6.18 Å². The average Bonchev–Trinajstić information content (AvgIpc) is 2.96. The van der Waals surface area contributed by atoms with Gasteiger partial charge in [-0.2, -0.15) is 13.2 Å². The number of ether oxygens (including phenoxy) is 1. The molecule has 2 aliphatic heterocycles. The second kappa shape index (κ2) is 9.83. The predicted molar refractivity (Wildman–Crippen MR) is 104 cm³/mol. The topological polar surface area (TPSA) is 50.4 Å². The number of rotatable bonds is 7. The number of nitrogens with one attached hydrogen (secondary N) is 2. The Hall–Kier alpha value is -1.47. The second-order valence-corrected chi connectivity index (χ2v) is 7.63. The normalized spacial score (nSPS) is 24.9. The molecule has 0 aromatic heterocycles. The number of hydrogen-bond acceptors (Lipinski definition) is 3. The molecule has 28 heavy (non-hydrogen) atoms. The summed E-state index contributed by atoms with van der Waals surface area (Å²) in [6, 6.07) is 6.25. The lowest BCUT2D eigenvalue weighted by Gasteiger charge is -2.29. The molecule has 2 saturated heterocycles. The predicted octanol–water partition coefficient (Wildman–Crippen LogP) is 4.32. The lowest BCUT2D eigenvalue weighted by atomic mass is 9.89. The number of carbonyl (C=O) groups is 1. The first-order chi connectivity index (χ1) is 12.8. The van der Waals surface area contributed by atoms with E-state index in [2.05, 4.69) is 10.6 Å². The zero-order valence-corrected chi connectivity index (χ0v) is 16.7. The van der Waals surface area contributed by atoms with Crippen LogP contribution in [0, 0.1) is 5.92 Å². The molecule has 0 radical (unpaired) electrons. The smallest absolute Gasteiger partial charge is 0.419 e. The van der Waals surface area contributed by atoms with Crippen LogP contribution in [0.4, 0.5) is 13.2 Å². The van der Waals surface area contributed by atoms with Crippen LogP contribution in [0.5, 0.6) is 5.75 Å². The Morgan fingerprint density at radius 2 is 1.89 bits per heavy atom. The SMILES string of the molecule is CCC(CNC(=O)CC1CC2CCC(C1)N2)Oc1ccccc1C(F)(F)F.Cl. The zero-order valence-electron chi connectivity index (χ0n) is 15.9. The molecule has 4 nitrogen and oxygen atoms in total. The lowest BCUT2D eigenvalue weighted by Crippen LogP contribution is -2.41. The van der Waals surface area contributed by atoms with Gasteiger partial charge in [0.15, 0.2) is 0 Å². The molecule has 2 N–H and O–H groups in total. The van der Waals surface area contributed by atoms with Crippen molar-refractivity contribution in [3.05, 3.63) is 29.8 Å². The van der Waals surface area contributed by atoms with Crippen LogP contribution in [0.3, 0.4) is 0 Å². The number of hydrogen-bond donors (Lipinski definition) is 2. The van der Waals surface area contributed by atoms with Crippen molar-refractivity contribution in [3.63, 3.8) is 0 Å². The van der Waals surface area contributed by atoms with E-state index in [4.69, 9.17) is 4.74 Å². The Labute approximate surface area is 170 Å². The van der Waals surface area contributed by atoms with E-state index >= 15 is 0 Å². The number of alkyl halides is 3. The molecule has 0 aliphatic carbocycles. The quantitative estimate of drug-likeness (QED) is 0.690. The number of para-hydroxylation sites is 1. The summed E-state index contributed by atoms with van der Waals surface area (Å²) in [6.07, 6.45) is 0.440. The molecule has 1 aromatic rings. The third-order valence-electron chi connectivity index (χ3n) is 5.51. The highest BCUT2D eigenvalue weighted by atomic mass is 35.5. The highest BCUT2D eigenvalue weighted by Gasteiger charge is 2.35. The Kier molecular flexibility index (Phi) is 8.01. The van der Waals surface area contributed by atoms with Gasteiger partial charge in [-0.05, 0) is 50.2 Å². The molecule has 3 atom stereocenters. The van der Waals surface area contributed by atoms with Crippen molar-refractivity contribution in [2.24, 2.45) is 5.92 Å². The number of fused-ring (bicyclic) bond motifs is 2. The van der Waals surface area contributed by atoms with Gasteiger partial charge in [0.2, 0.25) is 5.91 Å². The second-order valence-electron chi connectivity index (χ2n) is 7.63. The third kappa shape index (κ3) is 6.01. The maximum Gasteiger partial charge on any atom is 0.419 e. The first-order valence-electron chi connectivity index (χ1n) is 9.70. The molecule has 2 bridgehead atoms. The maximum atomic E-state index is 13.1. The summed E-state index contributed by atoms with van der Waals surface area (Å²) < 4.78 is 44.8. The summed E-state index contributed by atoms with van der Waals surface area (Å²) in [5.74, 6) is 0.143. The van der Waals surface area contributed by atoms with Crippen molar-refractivity contribution in [1.29, 1.82) is 0 Å². The summed E-state index contributed by atoms with van der Waals surface area (Å²) >= 11 is 0. The molecular weight excluding hydrogens is 393 g/mol. The van der Waals surface area contributed by atoms with Gasteiger partial charge in [-0.15, -0.1) is 12.4 Å². The molecule has 0 saturated carbocycles. The van der Waals surface area contributed by atoms with E-state index in [-0.39, 0.29) is 30.6 Å². The Bertz CT molecular complexity index is 645. The number of halogens is 4. The molecule has 1 aromatic carbocycles. The van der Waals surface area contributed by atoms with Crippen LogP contribution in [0.15, 0.2) is 24.3 Å². The minimum absolute atomic E-state index is 0. The van der Waals surface area contributed by atoms with Gasteiger partial charge in [-0.1, -0.05) is 19.1 Å². The fourth-order valence-electron chi connectivity index (χ4n) is 4.16. The van der Waals surface area contributed by atoms with E-state index in [0.29, 0.717) is 30.8 Å². The van der Waals surface area contributed by atoms with Crippen molar-refractivity contribution >= 4 is 18.3 Å². The molecule has 2 fully saturated rings. The molecular formula is C20H28ClF3N2O2. The fourth-order valence-corrected chi connectivity index (χ4v) is 4.16. The Morgan fingerprint density at radius 3 is 2.50 bits per heavy atom. The Balaban J connectivity index is 0.00000280. The minimum Gasteiger partial charge on any atom is -0.488 e. The summed E-state index contributed by atoms with van der Waals surface area (Å²) in [6.45, 7) is 2.04. The van der Waals surface area contributed by atoms with Crippen molar-refractivity contribution in [3.8, 4) is 5.75 Å². The first-order valence-corrected chi connectivity index (χ1v) is 9.70. The highest BCUT2D eigenvalue weighted by molar-refractivity contribution is 5.85. The van der Waals surface area contributed by atoms with Crippen molar-refractivity contribution in [2.75, 3.05) is 6.54 Å². The van der Waals surface area contributed by atoms with Gasteiger partial charge in [0.1, 0.15) is 11.9 Å². The van der Waals surface area contributed by atoms with Gasteiger partial charge in [0.25, 0.3) is 0 Å². The monoisotopic (exact) mass is 420 g/mol. The molecule has 3 unspecified atom stereocenters. The minimum atomic E-state index is -4.47. The van der Waals surface area contributed by atoms with Gasteiger partial charge in [-0.3, -0.25) is 4.79 Å². The number of piperidine rings is 1. The van der Waals surface area contributed by atoms with Crippen molar-refractivity contribution in [1.82, 2.24) is 10.6 Å². The average molecular weight is 421 g/mol. The molecule has 2 aliphatic rings. The van der Waals surface area contributed by atoms with E-state index < -0.39 is 17.8 Å². The lowest BCUT2D eigenvalue weighted by molar-refractivity contribution is -0.139. The standard InChI is InChI=1S/C20H27F3N2O2.ClH/c1-2-16(27-18-6-4-3-5-17(18)20(21,22)23)12-24-19(26)11-13-9-14-7-8-15(10-13)25-14;/h3-6,13-16,25H,2,7-12H2,1H3,(H,24,26);1H. The Morgan fingerprint density at radius 1 is 1.25 bits per heavy atom. The molecule has 1 amide bonds. The van der Waals surface area contributed by atoms with E-state index in [1.165, 1.54) is 31.0 Å². The summed E-state index contributed by atoms with van der Waals surface area (Å²) in [5, 5.41) is 6.40. The number of benzene rings is 1. The van der Waals surface area contributed by atoms with Crippen LogP contribution in [0.2, 0.25) is 0 Å². The van der Waals surface area contributed by atoms with Gasteiger partial charge in [-0.25, -0.2) is 0 Å². The van der Waals surface area contributed by atoms with Crippen LogP contribution in [0.25, 0.3) is 0 Å². The molecule has 0 spiro atoms. The van der Waals surface area contributed by atoms with E-state index in [0.717, 1.165) is 18.9 Å². The molecule has 2 heterocycles. The number of amides is 1. The van der Waals surface area contributed by atoms with Crippen molar-refractivity contribution in [2.45, 2.75) is 69.8 Å². The maximum absolute atomic E-state index is 13.1. The van der Waals surface area contributed by atoms with Crippen molar-refractivity contribution < 1.29 is 22.7 Å². The van der Waals surface area contributed by atoms with Crippen LogP contribution in [0.1, 0.15) is 51.0 Å². The highest BCUT2D eigenvalue weighted by Crippen LogP contribution is 2.36. The number of carbonyl (C=O) groups excluding carboxylic acids is 1. The first kappa shape index (κ1) is 22.8. The molecule has 158 valence electrons. The summed E-state index contributed by atoms with van der Waals surface area (Å²) in [5.41, 5.74) is -0.792. The zero-order chi connectivity index (χ0) is 19.4. The largest absolute Gasteiger partial charge is 0.488 e. The van der Waals surface area contributed by atoms with E-state index in [1.54, 1.807) is 0 Å². The van der Waals surface area contributed by atoms with E-state index in [1.807, 2.05) is 6.92 Å². The molecule has 3 rings (SSSR count). The summed E-state index contributed by atoms with van der Waals surface area (Å²) in [4.78, 5) is 12.3. The van der Waals surface area contributed by atoms with Crippen LogP contribution < -0.4 is 15.4 Å². The van der Waals surface area contributed by atoms with Crippen LogP contribution >= 0.6 is 12.4 Å². The van der Waals surface area contributed by atoms with Gasteiger partial charge in [0.05, 0.1) is 12.1 Å². The summed E-state index contributed by atoms with van der Waals surface area (Å²) in [7, 11) is 0. The van der Waals surface area contributed by atoms with E-state index in [9.17, 15) is 18.0 Å². The third-order valence-corrected chi connectivity index (χ3v) is 5.51. The molecule has 8 heteroatoms. The van der Waals surface area contributed by atoms with Crippen LogP contribution in [-0.4, -0.2) is 30.6 Å².